The summed E-state index contributed by atoms with van der Waals surface area (Å²) in [6, 6.07) is 0.464. The fraction of sp³-hybridized carbons (Fsp3) is 0.805. The molecule has 2 aliphatic rings. The molecule has 1 fully saturated rings. The fourth-order valence-corrected chi connectivity index (χ4v) is 6.98. The molecule has 48 heavy (non-hydrogen) atoms. The molecule has 0 aromatic heterocycles. The van der Waals surface area contributed by atoms with Crippen LogP contribution in [0.15, 0.2) is 36.0 Å². The summed E-state index contributed by atoms with van der Waals surface area (Å²) in [7, 11) is 0. The number of allylic oxidation sites excluding steroid dienone is 3. The van der Waals surface area contributed by atoms with Crippen LogP contribution in [0.2, 0.25) is 0 Å². The van der Waals surface area contributed by atoms with Crippen LogP contribution in [0.1, 0.15) is 122 Å². The number of cyclic esters (lactones) is 1. The predicted octanol–water partition coefficient (Wildman–Crippen LogP) is 9.07. The van der Waals surface area contributed by atoms with E-state index in [-0.39, 0.29) is 46.8 Å². The molecule has 0 aromatic rings. The van der Waals surface area contributed by atoms with E-state index in [9.17, 15) is 14.7 Å². The topological polar surface area (TPSA) is 79.3 Å². The Bertz CT molecular complexity index is 1100. The number of rotatable bonds is 11. The number of nitrogens with zero attached hydrogens (tertiary/aromatic N) is 2. The van der Waals surface area contributed by atoms with Crippen molar-refractivity contribution in [3.8, 4) is 0 Å². The lowest BCUT2D eigenvalue weighted by atomic mass is 9.75. The molecule has 0 bridgehead atoms. The average molecular weight is 673 g/mol. The van der Waals surface area contributed by atoms with Gasteiger partial charge < -0.3 is 19.5 Å². The fourth-order valence-electron chi connectivity index (χ4n) is 6.98. The molecular formula is C41H72N2O5. The summed E-state index contributed by atoms with van der Waals surface area (Å²) in [4.78, 5) is 30.7. The molecule has 1 N–H and O–H groups in total. The molecule has 2 rings (SSSR count). The number of carbonyl (C=O) groups is 2. The first-order valence-electron chi connectivity index (χ1n) is 18.9. The highest BCUT2D eigenvalue weighted by molar-refractivity contribution is 5.70. The second kappa shape index (κ2) is 18.8. The number of esters is 1. The SMILES string of the molecule is CCC(C)C(C)C(C)C(O)CC(C)(C)/C=C/C=C(\C)C1OC(=O)CC(C)CCC(C)(C)C(OC(=O)N2CCN(C(C)C)CC2)/C=C/C1C. The summed E-state index contributed by atoms with van der Waals surface area (Å²) >= 11 is 0. The molecule has 8 unspecified atom stereocenters. The van der Waals surface area contributed by atoms with Gasteiger partial charge in [-0.15, -0.1) is 0 Å². The Labute approximate surface area is 294 Å². The summed E-state index contributed by atoms with van der Waals surface area (Å²) in [5, 5.41) is 11.1. The van der Waals surface area contributed by atoms with E-state index in [4.69, 9.17) is 9.47 Å². The van der Waals surface area contributed by atoms with E-state index in [1.807, 2.05) is 30.1 Å². The van der Waals surface area contributed by atoms with Crippen LogP contribution in [0.4, 0.5) is 4.79 Å². The first-order valence-corrected chi connectivity index (χ1v) is 18.9. The van der Waals surface area contributed by atoms with Gasteiger partial charge in [0.05, 0.1) is 6.10 Å². The van der Waals surface area contributed by atoms with Crippen LogP contribution in [0.5, 0.6) is 0 Å². The molecule has 2 heterocycles. The number of amides is 1. The van der Waals surface area contributed by atoms with Crippen molar-refractivity contribution in [2.24, 2.45) is 40.4 Å². The van der Waals surface area contributed by atoms with Gasteiger partial charge in [-0.25, -0.2) is 4.79 Å². The Kier molecular flexibility index (Phi) is 16.4. The zero-order valence-corrected chi connectivity index (χ0v) is 32.9. The normalized spacial score (nSPS) is 28.6. The number of piperazine rings is 1. The Morgan fingerprint density at radius 2 is 1.71 bits per heavy atom. The van der Waals surface area contributed by atoms with Crippen molar-refractivity contribution in [3.63, 3.8) is 0 Å². The molecule has 1 saturated heterocycles. The monoisotopic (exact) mass is 673 g/mol. The van der Waals surface area contributed by atoms with Gasteiger partial charge in [0.2, 0.25) is 0 Å². The third kappa shape index (κ3) is 13.0. The van der Waals surface area contributed by atoms with Crippen LogP contribution in [0.25, 0.3) is 0 Å². The van der Waals surface area contributed by atoms with E-state index < -0.39 is 12.2 Å². The van der Waals surface area contributed by atoms with Crippen LogP contribution in [0, 0.1) is 40.4 Å². The van der Waals surface area contributed by atoms with Gasteiger partial charge >= 0.3 is 12.1 Å². The highest BCUT2D eigenvalue weighted by Crippen LogP contribution is 2.35. The molecular weight excluding hydrogens is 600 g/mol. The number of hydrogen-bond donors (Lipinski definition) is 1. The first-order chi connectivity index (χ1) is 22.3. The number of carbonyl (C=O) groups excluding carboxylic acids is 2. The smallest absolute Gasteiger partial charge is 0.410 e. The molecule has 8 atom stereocenters. The maximum absolute atomic E-state index is 13.4. The van der Waals surface area contributed by atoms with Gasteiger partial charge in [-0.05, 0) is 80.8 Å². The van der Waals surface area contributed by atoms with E-state index in [0.717, 1.165) is 37.9 Å². The molecule has 7 heteroatoms. The number of hydrogen-bond acceptors (Lipinski definition) is 6. The number of ether oxygens (including phenoxy) is 2. The highest BCUT2D eigenvalue weighted by Gasteiger charge is 2.35. The minimum absolute atomic E-state index is 0.127. The van der Waals surface area contributed by atoms with Crippen LogP contribution >= 0.6 is 0 Å². The van der Waals surface area contributed by atoms with Crippen molar-refractivity contribution in [1.29, 1.82) is 0 Å². The second-order valence-electron chi connectivity index (χ2n) is 17.0. The zero-order chi connectivity index (χ0) is 36.4. The second-order valence-corrected chi connectivity index (χ2v) is 17.0. The third-order valence-electron chi connectivity index (χ3n) is 11.5. The maximum atomic E-state index is 13.4. The Hall–Kier alpha value is -2.12. The predicted molar refractivity (Wildman–Crippen MR) is 199 cm³/mol. The van der Waals surface area contributed by atoms with E-state index in [1.165, 1.54) is 0 Å². The summed E-state index contributed by atoms with van der Waals surface area (Å²) in [5.41, 5.74) is 0.451. The van der Waals surface area contributed by atoms with E-state index in [1.54, 1.807) is 0 Å². The molecule has 0 aliphatic carbocycles. The molecule has 0 radical (unpaired) electrons. The lowest BCUT2D eigenvalue weighted by Crippen LogP contribution is -2.51. The quantitative estimate of drug-likeness (QED) is 0.134. The minimum atomic E-state index is -0.446. The van der Waals surface area contributed by atoms with Gasteiger partial charge in [-0.2, -0.15) is 0 Å². The lowest BCUT2D eigenvalue weighted by molar-refractivity contribution is -0.149. The van der Waals surface area contributed by atoms with Crippen molar-refractivity contribution in [1.82, 2.24) is 9.80 Å². The van der Waals surface area contributed by atoms with Gasteiger partial charge in [0.15, 0.2) is 0 Å². The molecule has 7 nitrogen and oxygen atoms in total. The first kappa shape index (κ1) is 42.0. The highest BCUT2D eigenvalue weighted by atomic mass is 16.6. The minimum Gasteiger partial charge on any atom is -0.457 e. The molecule has 2 aliphatic heterocycles. The van der Waals surface area contributed by atoms with Crippen molar-refractivity contribution in [2.75, 3.05) is 26.2 Å². The van der Waals surface area contributed by atoms with E-state index >= 15 is 0 Å². The molecule has 1 amide bonds. The van der Waals surface area contributed by atoms with Crippen molar-refractivity contribution >= 4 is 12.1 Å². The Morgan fingerprint density at radius 1 is 1.08 bits per heavy atom. The third-order valence-corrected chi connectivity index (χ3v) is 11.5. The van der Waals surface area contributed by atoms with Gasteiger partial charge in [-0.1, -0.05) is 100.0 Å². The summed E-state index contributed by atoms with van der Waals surface area (Å²) in [6.07, 6.45) is 12.6. The number of aliphatic hydroxyl groups excluding tert-OH is 1. The summed E-state index contributed by atoms with van der Waals surface area (Å²) < 4.78 is 12.4. The summed E-state index contributed by atoms with van der Waals surface area (Å²) in [6.45, 7) is 31.1. The van der Waals surface area contributed by atoms with Crippen LogP contribution < -0.4 is 0 Å². The van der Waals surface area contributed by atoms with Crippen molar-refractivity contribution < 1.29 is 24.2 Å². The molecule has 0 spiro atoms. The Balaban J connectivity index is 2.25. The Morgan fingerprint density at radius 3 is 2.29 bits per heavy atom. The number of aliphatic hydroxyl groups is 1. The van der Waals surface area contributed by atoms with Crippen LogP contribution in [-0.2, 0) is 14.3 Å². The lowest BCUT2D eigenvalue weighted by Gasteiger charge is -2.39. The summed E-state index contributed by atoms with van der Waals surface area (Å²) in [5.74, 6) is 1.09. The van der Waals surface area contributed by atoms with Crippen LogP contribution in [-0.4, -0.2) is 77.5 Å². The van der Waals surface area contributed by atoms with E-state index in [2.05, 4.69) is 100 Å². The van der Waals surface area contributed by atoms with Gasteiger partial charge in [0, 0.05) is 50.0 Å². The molecule has 276 valence electrons. The standard InChI is InChI=1S/C41H72N2O5/c1-14-30(5)33(8)34(9)35(44)27-40(10,11)20-15-16-31(6)38-32(7)17-18-36(41(12,13)21-19-29(4)26-37(45)48-38)47-39(46)43-24-22-42(23-25-43)28(2)3/h15-18,20,28-30,32-36,38,44H,14,19,21-27H2,1-13H3/b18-17+,20-15+,31-16+. The average Bonchev–Trinajstić information content (AvgIpc) is 3.02. The van der Waals surface area contributed by atoms with Gasteiger partial charge in [0.25, 0.3) is 0 Å². The van der Waals surface area contributed by atoms with Crippen LogP contribution in [0.3, 0.4) is 0 Å². The largest absolute Gasteiger partial charge is 0.457 e. The molecule has 0 aromatic carbocycles. The van der Waals surface area contributed by atoms with E-state index in [0.29, 0.717) is 43.8 Å². The van der Waals surface area contributed by atoms with Crippen molar-refractivity contribution in [2.45, 2.75) is 146 Å². The zero-order valence-electron chi connectivity index (χ0n) is 32.9. The van der Waals surface area contributed by atoms with Crippen molar-refractivity contribution in [3.05, 3.63) is 36.0 Å². The van der Waals surface area contributed by atoms with Gasteiger partial charge in [-0.3, -0.25) is 9.69 Å². The maximum Gasteiger partial charge on any atom is 0.410 e. The van der Waals surface area contributed by atoms with Gasteiger partial charge in [0.1, 0.15) is 12.2 Å². The molecule has 0 saturated carbocycles.